The Balaban J connectivity index is 1.16. The van der Waals surface area contributed by atoms with Gasteiger partial charge in [-0.05, 0) is 98.7 Å². The second-order valence-corrected chi connectivity index (χ2v) is 12.5. The van der Waals surface area contributed by atoms with Crippen LogP contribution in [0.4, 0.5) is 4.79 Å². The van der Waals surface area contributed by atoms with Gasteiger partial charge >= 0.3 is 12.0 Å². The number of rotatable bonds is 3. The van der Waals surface area contributed by atoms with Crippen molar-refractivity contribution < 1.29 is 14.7 Å². The van der Waals surface area contributed by atoms with Gasteiger partial charge in [-0.2, -0.15) is 0 Å². The number of hydrogen-bond donors (Lipinski definition) is 2. The average Bonchev–Trinajstić information content (AvgIpc) is 3.00. The molecule has 5 nitrogen and oxygen atoms in total. The fraction of sp³-hybridized carbons (Fsp3) is 0.692. The van der Waals surface area contributed by atoms with Crippen LogP contribution in [0.2, 0.25) is 0 Å². The largest absolute Gasteiger partial charge is 0.481 e. The van der Waals surface area contributed by atoms with Crippen LogP contribution in [-0.4, -0.2) is 40.6 Å². The van der Waals surface area contributed by atoms with Crippen molar-refractivity contribution in [2.45, 2.75) is 81.1 Å². The molecule has 1 unspecified atom stereocenters. The molecule has 1 aliphatic heterocycles. The lowest BCUT2D eigenvalue weighted by Gasteiger charge is -2.57. The van der Waals surface area contributed by atoms with Crippen LogP contribution in [0.5, 0.6) is 0 Å². The molecular formula is C26H33BrN2O3. The summed E-state index contributed by atoms with van der Waals surface area (Å²) >= 11 is 3.76. The van der Waals surface area contributed by atoms with Crippen LogP contribution in [-0.2, 0) is 10.2 Å². The first kappa shape index (κ1) is 21.0. The van der Waals surface area contributed by atoms with Crippen LogP contribution in [0.15, 0.2) is 22.7 Å². The van der Waals surface area contributed by atoms with Gasteiger partial charge in [0.25, 0.3) is 0 Å². The third-order valence-corrected chi connectivity index (χ3v) is 10.2. The Labute approximate surface area is 198 Å². The molecule has 32 heavy (non-hydrogen) atoms. The Bertz CT molecular complexity index is 917. The lowest BCUT2D eigenvalue weighted by atomic mass is 9.53. The highest BCUT2D eigenvalue weighted by Gasteiger charge is 2.52. The highest BCUT2D eigenvalue weighted by molar-refractivity contribution is 9.10. The summed E-state index contributed by atoms with van der Waals surface area (Å²) in [6, 6.07) is 6.34. The Kier molecular flexibility index (Phi) is 4.91. The van der Waals surface area contributed by atoms with Crippen LogP contribution in [0.25, 0.3) is 0 Å². The van der Waals surface area contributed by atoms with Gasteiger partial charge < -0.3 is 15.3 Å². The SMILES string of the molecule is O=C(O)CC1CC2(CCN(C(=O)NC34CC5CC(CC(C5)C3)C4)CC2)c2c(Br)cccc21. The maximum atomic E-state index is 13.3. The van der Waals surface area contributed by atoms with E-state index >= 15 is 0 Å². The number of nitrogens with one attached hydrogen (secondary N) is 1. The first-order valence-corrected chi connectivity index (χ1v) is 13.2. The first-order valence-electron chi connectivity index (χ1n) is 12.4. The smallest absolute Gasteiger partial charge is 0.317 e. The second kappa shape index (κ2) is 7.48. The number of carbonyl (C=O) groups is 2. The van der Waals surface area contributed by atoms with Crippen molar-refractivity contribution >= 4 is 27.9 Å². The zero-order chi connectivity index (χ0) is 22.1. The van der Waals surface area contributed by atoms with E-state index in [0.29, 0.717) is 0 Å². The maximum absolute atomic E-state index is 13.3. The highest BCUT2D eigenvalue weighted by atomic mass is 79.9. The molecule has 5 aliphatic carbocycles. The Morgan fingerprint density at radius 1 is 1.03 bits per heavy atom. The molecule has 6 heteroatoms. The molecule has 1 atom stereocenters. The molecule has 4 bridgehead atoms. The van der Waals surface area contributed by atoms with Gasteiger partial charge in [-0.3, -0.25) is 4.79 Å². The van der Waals surface area contributed by atoms with E-state index in [-0.39, 0.29) is 29.3 Å². The molecule has 5 fully saturated rings. The molecule has 6 aliphatic rings. The van der Waals surface area contributed by atoms with E-state index in [9.17, 15) is 14.7 Å². The highest BCUT2D eigenvalue weighted by Crippen LogP contribution is 2.57. The third-order valence-electron chi connectivity index (χ3n) is 9.49. The molecule has 2 amide bonds. The number of amides is 2. The van der Waals surface area contributed by atoms with Crippen molar-refractivity contribution in [2.75, 3.05) is 13.1 Å². The number of urea groups is 1. The number of likely N-dealkylation sites (tertiary alicyclic amines) is 1. The topological polar surface area (TPSA) is 69.6 Å². The molecule has 1 saturated heterocycles. The molecule has 7 rings (SSSR count). The normalized spacial score (nSPS) is 36.3. The van der Waals surface area contributed by atoms with Crippen molar-refractivity contribution in [1.29, 1.82) is 0 Å². The fourth-order valence-electron chi connectivity index (χ4n) is 8.68. The average molecular weight is 501 g/mol. The number of hydrogen-bond acceptors (Lipinski definition) is 2. The number of nitrogens with zero attached hydrogens (tertiary/aromatic N) is 1. The standard InChI is InChI=1S/C26H33BrN2O3/c27-21-3-1-2-20-19(11-22(30)31)15-25(23(20)21)4-6-29(7-5-25)24(32)28-26-12-16-8-17(13-26)10-18(9-16)14-26/h1-3,16-19H,4-15H2,(H,28,32)(H,30,31). The van der Waals surface area contributed by atoms with Crippen molar-refractivity contribution in [2.24, 2.45) is 17.8 Å². The summed E-state index contributed by atoms with van der Waals surface area (Å²) in [6.45, 7) is 1.50. The first-order chi connectivity index (χ1) is 15.3. The van der Waals surface area contributed by atoms with E-state index in [1.54, 1.807) is 0 Å². The van der Waals surface area contributed by atoms with Gasteiger partial charge in [0.05, 0.1) is 6.42 Å². The lowest BCUT2D eigenvalue weighted by Crippen LogP contribution is -2.62. The summed E-state index contributed by atoms with van der Waals surface area (Å²) in [7, 11) is 0. The minimum Gasteiger partial charge on any atom is -0.481 e. The zero-order valence-electron chi connectivity index (χ0n) is 18.6. The number of carboxylic acids is 1. The Hall–Kier alpha value is -1.56. The number of benzene rings is 1. The van der Waals surface area contributed by atoms with Gasteiger partial charge in [-0.1, -0.05) is 28.1 Å². The monoisotopic (exact) mass is 500 g/mol. The van der Waals surface area contributed by atoms with E-state index in [4.69, 9.17) is 0 Å². The second-order valence-electron chi connectivity index (χ2n) is 11.6. The van der Waals surface area contributed by atoms with Gasteiger partial charge in [0, 0.05) is 28.5 Å². The van der Waals surface area contributed by atoms with Gasteiger partial charge in [0.1, 0.15) is 0 Å². The quantitative estimate of drug-likeness (QED) is 0.581. The van der Waals surface area contributed by atoms with Gasteiger partial charge in [-0.25, -0.2) is 4.79 Å². The summed E-state index contributed by atoms with van der Waals surface area (Å²) in [4.78, 5) is 26.9. The molecule has 1 spiro atoms. The van der Waals surface area contributed by atoms with Gasteiger partial charge in [-0.15, -0.1) is 0 Å². The summed E-state index contributed by atoms with van der Waals surface area (Å²) in [5.74, 6) is 1.80. The van der Waals surface area contributed by atoms with Crippen molar-refractivity contribution in [3.05, 3.63) is 33.8 Å². The van der Waals surface area contributed by atoms with E-state index < -0.39 is 5.97 Å². The van der Waals surface area contributed by atoms with E-state index in [1.165, 1.54) is 49.7 Å². The van der Waals surface area contributed by atoms with Crippen LogP contribution < -0.4 is 5.32 Å². The number of piperidine rings is 1. The van der Waals surface area contributed by atoms with Crippen LogP contribution in [0.3, 0.4) is 0 Å². The minimum atomic E-state index is -0.731. The third kappa shape index (κ3) is 3.39. The number of carboxylic acid groups (broad SMARTS) is 1. The maximum Gasteiger partial charge on any atom is 0.317 e. The van der Waals surface area contributed by atoms with Crippen LogP contribution in [0, 0.1) is 17.8 Å². The number of halogens is 1. The number of fused-ring (bicyclic) bond motifs is 2. The van der Waals surface area contributed by atoms with Crippen LogP contribution >= 0.6 is 15.9 Å². The molecular weight excluding hydrogens is 468 g/mol. The fourth-order valence-corrected chi connectivity index (χ4v) is 9.48. The molecule has 0 aromatic heterocycles. The van der Waals surface area contributed by atoms with E-state index in [0.717, 1.165) is 54.6 Å². The minimum absolute atomic E-state index is 0.0208. The summed E-state index contributed by atoms with van der Waals surface area (Å²) in [5.41, 5.74) is 2.52. The Morgan fingerprint density at radius 3 is 2.25 bits per heavy atom. The van der Waals surface area contributed by atoms with Gasteiger partial charge in [0.2, 0.25) is 0 Å². The molecule has 1 aromatic carbocycles. The Morgan fingerprint density at radius 2 is 1.66 bits per heavy atom. The summed E-state index contributed by atoms with van der Waals surface area (Å²) < 4.78 is 1.09. The summed E-state index contributed by atoms with van der Waals surface area (Å²) in [5, 5.41) is 13.0. The molecule has 2 N–H and O–H groups in total. The molecule has 4 saturated carbocycles. The van der Waals surface area contributed by atoms with Crippen molar-refractivity contribution in [3.8, 4) is 0 Å². The van der Waals surface area contributed by atoms with Crippen molar-refractivity contribution in [3.63, 3.8) is 0 Å². The number of aliphatic carboxylic acids is 1. The summed E-state index contributed by atoms with van der Waals surface area (Å²) in [6.07, 6.45) is 10.6. The van der Waals surface area contributed by atoms with E-state index in [1.807, 2.05) is 11.0 Å². The predicted octanol–water partition coefficient (Wildman–Crippen LogP) is 5.42. The van der Waals surface area contributed by atoms with Crippen LogP contribution in [0.1, 0.15) is 81.3 Å². The van der Waals surface area contributed by atoms with E-state index in [2.05, 4.69) is 33.4 Å². The lowest BCUT2D eigenvalue weighted by molar-refractivity contribution is -0.137. The molecule has 1 aromatic rings. The number of carbonyl (C=O) groups excluding carboxylic acids is 1. The zero-order valence-corrected chi connectivity index (χ0v) is 20.2. The van der Waals surface area contributed by atoms with Gasteiger partial charge in [0.15, 0.2) is 0 Å². The van der Waals surface area contributed by atoms with Crippen molar-refractivity contribution in [1.82, 2.24) is 10.2 Å². The molecule has 172 valence electrons. The predicted molar refractivity (Wildman–Crippen MR) is 126 cm³/mol. The molecule has 0 radical (unpaired) electrons. The molecule has 1 heterocycles.